The molecule has 3 aliphatic rings. The molecule has 0 aromatic carbocycles. The number of allylic oxidation sites excluding steroid dienone is 12. The summed E-state index contributed by atoms with van der Waals surface area (Å²) in [6.45, 7) is 2.74. The maximum atomic E-state index is 5.57. The van der Waals surface area contributed by atoms with Crippen LogP contribution in [0.25, 0.3) is 0 Å². The molecule has 0 amide bonds. The average Bonchev–Trinajstić information content (AvgIpc) is 2.99. The lowest BCUT2D eigenvalue weighted by molar-refractivity contribution is -0.446. The maximum absolute atomic E-state index is 5.57. The van der Waals surface area contributed by atoms with Crippen LogP contribution >= 0.6 is 11.8 Å². The van der Waals surface area contributed by atoms with Crippen LogP contribution in [-0.4, -0.2) is 12.9 Å². The van der Waals surface area contributed by atoms with Crippen molar-refractivity contribution in [2.45, 2.75) is 6.92 Å². The zero-order valence-corrected chi connectivity index (χ0v) is 11.8. The molecule has 19 heavy (non-hydrogen) atoms. The Morgan fingerprint density at radius 1 is 1.11 bits per heavy atom. The molecule has 0 N–H and O–H groups in total. The van der Waals surface area contributed by atoms with E-state index >= 15 is 0 Å². The van der Waals surface area contributed by atoms with Gasteiger partial charge in [-0.2, -0.15) is 0 Å². The maximum Gasteiger partial charge on any atom is 0.313 e. The first kappa shape index (κ1) is 12.5. The topological polar surface area (TPSA) is 11.3 Å². The minimum absolute atomic E-state index is 0.351. The van der Waals surface area contributed by atoms with Crippen molar-refractivity contribution in [2.24, 2.45) is 11.8 Å². The summed E-state index contributed by atoms with van der Waals surface area (Å²) in [4.78, 5) is 2.79. The average molecular weight is 269 g/mol. The van der Waals surface area contributed by atoms with E-state index in [-0.39, 0.29) is 0 Å². The van der Waals surface area contributed by atoms with E-state index in [1.165, 1.54) is 15.4 Å². The van der Waals surface area contributed by atoms with Crippen molar-refractivity contribution in [1.82, 2.24) is 0 Å². The molecule has 2 heteroatoms. The Hall–Kier alpha value is -1.54. The molecule has 2 aliphatic carbocycles. The number of hydrogen-bond acceptors (Lipinski definition) is 1. The van der Waals surface area contributed by atoms with E-state index in [2.05, 4.69) is 54.7 Å². The molecule has 1 unspecified atom stereocenters. The third kappa shape index (κ3) is 2.45. The second-order valence-corrected chi connectivity index (χ2v) is 5.72. The van der Waals surface area contributed by atoms with Crippen LogP contribution in [0.4, 0.5) is 0 Å². The van der Waals surface area contributed by atoms with Crippen LogP contribution in [0.1, 0.15) is 6.92 Å². The van der Waals surface area contributed by atoms with E-state index in [1.807, 2.05) is 25.0 Å². The van der Waals surface area contributed by atoms with Gasteiger partial charge in [0.1, 0.15) is 0 Å². The molecule has 1 aliphatic heterocycles. The Balaban J connectivity index is 2.01. The number of thioether (sulfide) groups is 1. The molecule has 0 bridgehead atoms. The minimum atomic E-state index is 0.351. The normalized spacial score (nSPS) is 25.5. The number of aldehydes is 1. The van der Waals surface area contributed by atoms with Gasteiger partial charge in [-0.15, -0.1) is 0 Å². The van der Waals surface area contributed by atoms with Gasteiger partial charge in [0.05, 0.1) is 5.57 Å². The lowest BCUT2D eigenvalue weighted by Crippen LogP contribution is -2.03. The Labute approximate surface area is 118 Å². The Kier molecular flexibility index (Phi) is 3.69. The third-order valence-electron chi connectivity index (χ3n) is 3.37. The monoisotopic (exact) mass is 269 g/mol. The zero-order chi connectivity index (χ0) is 13.1. The highest BCUT2D eigenvalue weighted by atomic mass is 32.2. The first-order valence-corrected chi connectivity index (χ1v) is 7.48. The summed E-state index contributed by atoms with van der Waals surface area (Å²) in [5.74, 6) is 0.755. The number of rotatable bonds is 3. The van der Waals surface area contributed by atoms with E-state index in [0.29, 0.717) is 18.4 Å². The first-order chi connectivity index (χ1) is 9.40. The molecule has 0 saturated heterocycles. The van der Waals surface area contributed by atoms with Crippen molar-refractivity contribution in [3.05, 3.63) is 70.1 Å². The minimum Gasteiger partial charge on any atom is -0.262 e. The van der Waals surface area contributed by atoms with Gasteiger partial charge in [-0.25, -0.2) is 0 Å². The molecule has 0 aromatic rings. The van der Waals surface area contributed by atoms with Crippen molar-refractivity contribution in [2.75, 3.05) is 6.61 Å². The van der Waals surface area contributed by atoms with E-state index in [4.69, 9.17) is 4.42 Å². The highest BCUT2D eigenvalue weighted by Gasteiger charge is 2.34. The van der Waals surface area contributed by atoms with Gasteiger partial charge in [-0.1, -0.05) is 66.4 Å². The second-order valence-electron chi connectivity index (χ2n) is 4.61. The highest BCUT2D eigenvalue weighted by molar-refractivity contribution is 8.07. The summed E-state index contributed by atoms with van der Waals surface area (Å²) in [5.41, 5.74) is 1.30. The number of carbonyl (C=O) groups excluding carboxylic acids is 1. The lowest BCUT2D eigenvalue weighted by Gasteiger charge is -2.05. The second kappa shape index (κ2) is 5.62. The van der Waals surface area contributed by atoms with Gasteiger partial charge in [-0.3, -0.25) is 4.42 Å². The van der Waals surface area contributed by atoms with Gasteiger partial charge in [0.15, 0.2) is 0 Å². The van der Waals surface area contributed by atoms with Gasteiger partial charge >= 0.3 is 6.29 Å². The molecular weight excluding hydrogens is 252 g/mol. The fraction of sp³-hybridized carbons (Fsp3) is 0.235. The lowest BCUT2D eigenvalue weighted by atomic mass is 9.95. The van der Waals surface area contributed by atoms with E-state index in [1.54, 1.807) is 0 Å². The fourth-order valence-corrected chi connectivity index (χ4v) is 3.77. The third-order valence-corrected chi connectivity index (χ3v) is 4.72. The Morgan fingerprint density at radius 3 is 2.68 bits per heavy atom. The molecule has 0 fully saturated rings. The smallest absolute Gasteiger partial charge is 0.262 e. The van der Waals surface area contributed by atoms with Crippen LogP contribution in [0.2, 0.25) is 0 Å². The number of hydrogen-bond donors (Lipinski definition) is 0. The van der Waals surface area contributed by atoms with E-state index < -0.39 is 0 Å². The Bertz CT molecular complexity index is 558. The molecule has 0 radical (unpaired) electrons. The standard InChI is InChI=1S/C17H17OS/c1-2-18-12-15-14-10-4-3-5-11-16(14)19-17(15)13-8-6-7-9-13/h3-14H,2H2,1H3/q+1. The van der Waals surface area contributed by atoms with Crippen molar-refractivity contribution in [3.63, 3.8) is 0 Å². The quantitative estimate of drug-likeness (QED) is 0.554. The molecule has 1 nitrogen and oxygen atoms in total. The van der Waals surface area contributed by atoms with Crippen molar-refractivity contribution in [3.8, 4) is 0 Å². The fourth-order valence-electron chi connectivity index (χ4n) is 2.45. The molecule has 0 aromatic heterocycles. The molecular formula is C17H17OS+. The summed E-state index contributed by atoms with van der Waals surface area (Å²) in [6.07, 6.45) is 21.5. The van der Waals surface area contributed by atoms with Gasteiger partial charge < -0.3 is 0 Å². The SMILES string of the molecule is CC[O+]=CC1=C(C2C=CC=C2)SC2=CC=CC=CC21. The molecule has 1 atom stereocenters. The van der Waals surface area contributed by atoms with Crippen molar-refractivity contribution < 1.29 is 4.42 Å². The molecule has 0 spiro atoms. The largest absolute Gasteiger partial charge is 0.313 e. The first-order valence-electron chi connectivity index (χ1n) is 6.67. The van der Waals surface area contributed by atoms with E-state index in [9.17, 15) is 0 Å². The molecule has 3 rings (SSSR count). The van der Waals surface area contributed by atoms with Gasteiger partial charge in [0.2, 0.25) is 0 Å². The summed E-state index contributed by atoms with van der Waals surface area (Å²) in [5, 5.41) is 0. The van der Waals surface area contributed by atoms with Gasteiger partial charge in [-0.05, 0) is 0 Å². The van der Waals surface area contributed by atoms with E-state index in [0.717, 1.165) is 0 Å². The van der Waals surface area contributed by atoms with Gasteiger partial charge in [0, 0.05) is 28.6 Å². The van der Waals surface area contributed by atoms with Crippen LogP contribution in [0, 0.1) is 11.8 Å². The molecule has 96 valence electrons. The van der Waals surface area contributed by atoms with Crippen LogP contribution in [0.3, 0.4) is 0 Å². The van der Waals surface area contributed by atoms with Crippen LogP contribution in [0.15, 0.2) is 70.1 Å². The summed E-state index contributed by atoms with van der Waals surface area (Å²) < 4.78 is 5.57. The Morgan fingerprint density at radius 2 is 1.89 bits per heavy atom. The van der Waals surface area contributed by atoms with Crippen molar-refractivity contribution in [1.29, 1.82) is 0 Å². The summed E-state index contributed by atoms with van der Waals surface area (Å²) >= 11 is 1.89. The molecule has 0 saturated carbocycles. The van der Waals surface area contributed by atoms with Gasteiger partial charge in [0.25, 0.3) is 6.61 Å². The summed E-state index contributed by atoms with van der Waals surface area (Å²) in [7, 11) is 0. The predicted molar refractivity (Wildman–Crippen MR) is 82.8 cm³/mol. The highest BCUT2D eigenvalue weighted by Crippen LogP contribution is 2.50. The van der Waals surface area contributed by atoms with Crippen LogP contribution < -0.4 is 0 Å². The van der Waals surface area contributed by atoms with Crippen LogP contribution in [-0.2, 0) is 4.42 Å². The van der Waals surface area contributed by atoms with Crippen LogP contribution in [0.5, 0.6) is 0 Å². The van der Waals surface area contributed by atoms with Crippen molar-refractivity contribution >= 4 is 18.0 Å². The predicted octanol–water partition coefficient (Wildman–Crippen LogP) is 4.11. The summed E-state index contributed by atoms with van der Waals surface area (Å²) in [6, 6.07) is 0. The number of fused-ring (bicyclic) bond motifs is 1. The zero-order valence-electron chi connectivity index (χ0n) is 11.0. The molecule has 1 heterocycles.